The third kappa shape index (κ3) is 4.67. The minimum absolute atomic E-state index is 0.0453. The van der Waals surface area contributed by atoms with Gasteiger partial charge in [-0.05, 0) is 45.9 Å². The molecular weight excluding hydrogens is 364 g/mol. The lowest BCUT2D eigenvalue weighted by Crippen LogP contribution is -2.47. The monoisotopic (exact) mass is 394 g/mol. The van der Waals surface area contributed by atoms with Crippen LogP contribution in [0.5, 0.6) is 5.75 Å². The van der Waals surface area contributed by atoms with E-state index in [1.807, 2.05) is 26.0 Å². The van der Waals surface area contributed by atoms with Gasteiger partial charge in [-0.25, -0.2) is 9.97 Å². The van der Waals surface area contributed by atoms with Gasteiger partial charge in [0.05, 0.1) is 24.1 Å². The van der Waals surface area contributed by atoms with Crippen LogP contribution in [0, 0.1) is 5.41 Å². The van der Waals surface area contributed by atoms with E-state index in [0.717, 1.165) is 24.6 Å². The largest absolute Gasteiger partial charge is 0.491 e. The standard InChI is InChI=1S/C22H30N6O/c1-14(2)28-9-8-27(12-16(28)5)21-11-20(25-13-26-21)22(24)18-10-17(29-15(3)4)6-7-19(18)23/h6-7,10-11,13-15,24H,5,8-9,12,23H2,1-4H3. The summed E-state index contributed by atoms with van der Waals surface area (Å²) < 4.78 is 5.75. The molecule has 3 rings (SSSR count). The smallest absolute Gasteiger partial charge is 0.133 e. The van der Waals surface area contributed by atoms with Crippen molar-refractivity contribution >= 4 is 17.2 Å². The van der Waals surface area contributed by atoms with Crippen LogP contribution in [0.15, 0.2) is 42.9 Å². The fourth-order valence-electron chi connectivity index (χ4n) is 3.49. The van der Waals surface area contributed by atoms with E-state index in [0.29, 0.717) is 35.3 Å². The third-order valence-electron chi connectivity index (χ3n) is 4.91. The zero-order valence-electron chi connectivity index (χ0n) is 17.6. The van der Waals surface area contributed by atoms with E-state index in [4.69, 9.17) is 15.9 Å². The molecule has 1 saturated heterocycles. The molecule has 7 heteroatoms. The summed E-state index contributed by atoms with van der Waals surface area (Å²) in [5, 5.41) is 8.66. The molecule has 1 fully saturated rings. The molecule has 7 nitrogen and oxygen atoms in total. The third-order valence-corrected chi connectivity index (χ3v) is 4.91. The van der Waals surface area contributed by atoms with Gasteiger partial charge >= 0.3 is 0 Å². The lowest BCUT2D eigenvalue weighted by Gasteiger charge is -2.40. The Bertz CT molecular complexity index is 908. The molecule has 0 amide bonds. The SMILES string of the molecule is C=C1CN(c2cc(C(=N)c3cc(OC(C)C)ccc3N)ncn2)CCN1C(C)C. The number of nitrogens with one attached hydrogen (secondary N) is 1. The van der Waals surface area contributed by atoms with Crippen LogP contribution in [0.2, 0.25) is 0 Å². The summed E-state index contributed by atoms with van der Waals surface area (Å²) in [4.78, 5) is 13.2. The summed E-state index contributed by atoms with van der Waals surface area (Å²) >= 11 is 0. The fourth-order valence-corrected chi connectivity index (χ4v) is 3.49. The maximum atomic E-state index is 8.66. The molecule has 0 bridgehead atoms. The maximum Gasteiger partial charge on any atom is 0.133 e. The molecule has 0 spiro atoms. The summed E-state index contributed by atoms with van der Waals surface area (Å²) in [5.74, 6) is 1.47. The first-order chi connectivity index (χ1) is 13.8. The van der Waals surface area contributed by atoms with Crippen molar-refractivity contribution in [1.82, 2.24) is 14.9 Å². The van der Waals surface area contributed by atoms with Crippen molar-refractivity contribution in [3.63, 3.8) is 0 Å². The summed E-state index contributed by atoms with van der Waals surface area (Å²) in [6, 6.07) is 7.65. The van der Waals surface area contributed by atoms with Crippen LogP contribution in [0.25, 0.3) is 0 Å². The zero-order valence-corrected chi connectivity index (χ0v) is 17.6. The molecule has 29 heavy (non-hydrogen) atoms. The Morgan fingerprint density at radius 1 is 1.17 bits per heavy atom. The summed E-state index contributed by atoms with van der Waals surface area (Å²) in [7, 11) is 0. The first-order valence-corrected chi connectivity index (χ1v) is 9.93. The molecule has 1 aliphatic heterocycles. The number of nitrogen functional groups attached to an aromatic ring is 1. The van der Waals surface area contributed by atoms with Crippen molar-refractivity contribution in [3.05, 3.63) is 54.1 Å². The van der Waals surface area contributed by atoms with Crippen LogP contribution in [0.1, 0.15) is 39.0 Å². The van der Waals surface area contributed by atoms with E-state index in [1.54, 1.807) is 12.1 Å². The molecule has 2 heterocycles. The lowest BCUT2D eigenvalue weighted by molar-refractivity contribution is 0.242. The topological polar surface area (TPSA) is 91.4 Å². The summed E-state index contributed by atoms with van der Waals surface area (Å²) in [5.41, 5.74) is 9.10. The number of benzene rings is 1. The van der Waals surface area contributed by atoms with Crippen molar-refractivity contribution in [2.45, 2.75) is 39.8 Å². The Kier molecular flexibility index (Phi) is 6.06. The van der Waals surface area contributed by atoms with Gasteiger partial charge in [0, 0.05) is 42.1 Å². The molecule has 0 aliphatic carbocycles. The van der Waals surface area contributed by atoms with Gasteiger partial charge in [0.15, 0.2) is 0 Å². The van der Waals surface area contributed by atoms with E-state index < -0.39 is 0 Å². The van der Waals surface area contributed by atoms with Gasteiger partial charge in [0.1, 0.15) is 17.9 Å². The molecule has 1 aromatic carbocycles. The molecule has 0 atom stereocenters. The molecule has 0 radical (unpaired) electrons. The Morgan fingerprint density at radius 3 is 2.59 bits per heavy atom. The Labute approximate surface area is 172 Å². The van der Waals surface area contributed by atoms with Gasteiger partial charge in [-0.3, -0.25) is 5.41 Å². The maximum absolute atomic E-state index is 8.66. The van der Waals surface area contributed by atoms with Gasteiger partial charge in [-0.1, -0.05) is 6.58 Å². The zero-order chi connectivity index (χ0) is 21.1. The number of rotatable bonds is 6. The Hall–Kier alpha value is -3.09. The van der Waals surface area contributed by atoms with Crippen molar-refractivity contribution in [1.29, 1.82) is 5.41 Å². The number of piperazine rings is 1. The molecule has 154 valence electrons. The van der Waals surface area contributed by atoms with Gasteiger partial charge < -0.3 is 20.3 Å². The van der Waals surface area contributed by atoms with Crippen molar-refractivity contribution < 1.29 is 4.74 Å². The van der Waals surface area contributed by atoms with Gasteiger partial charge in [0.2, 0.25) is 0 Å². The molecular formula is C22H30N6O. The predicted molar refractivity (Wildman–Crippen MR) is 118 cm³/mol. The average molecular weight is 395 g/mol. The Balaban J connectivity index is 1.83. The first-order valence-electron chi connectivity index (χ1n) is 9.93. The second kappa shape index (κ2) is 8.51. The number of nitrogens with zero attached hydrogens (tertiary/aromatic N) is 4. The van der Waals surface area contributed by atoms with Crippen LogP contribution in [-0.2, 0) is 0 Å². The second-order valence-corrected chi connectivity index (χ2v) is 7.83. The number of hydrogen-bond acceptors (Lipinski definition) is 7. The quantitative estimate of drug-likeness (QED) is 0.577. The molecule has 0 unspecified atom stereocenters. The molecule has 1 aromatic heterocycles. The van der Waals surface area contributed by atoms with Crippen LogP contribution in [-0.4, -0.2) is 52.4 Å². The van der Waals surface area contributed by atoms with Crippen LogP contribution >= 0.6 is 0 Å². The van der Waals surface area contributed by atoms with Gasteiger partial charge in [-0.15, -0.1) is 0 Å². The number of anilines is 2. The van der Waals surface area contributed by atoms with Crippen LogP contribution in [0.3, 0.4) is 0 Å². The highest BCUT2D eigenvalue weighted by atomic mass is 16.5. The number of nitrogens with two attached hydrogens (primary N) is 1. The van der Waals surface area contributed by atoms with Crippen molar-refractivity contribution in [2.75, 3.05) is 30.3 Å². The molecule has 3 N–H and O–H groups in total. The Morgan fingerprint density at radius 2 is 1.93 bits per heavy atom. The van der Waals surface area contributed by atoms with Crippen molar-refractivity contribution in [3.8, 4) is 5.75 Å². The van der Waals surface area contributed by atoms with Gasteiger partial charge in [-0.2, -0.15) is 0 Å². The van der Waals surface area contributed by atoms with E-state index >= 15 is 0 Å². The number of ether oxygens (including phenoxy) is 1. The number of aromatic nitrogens is 2. The van der Waals surface area contributed by atoms with Crippen LogP contribution in [0.4, 0.5) is 11.5 Å². The minimum atomic E-state index is 0.0453. The highest BCUT2D eigenvalue weighted by molar-refractivity contribution is 6.13. The van der Waals surface area contributed by atoms with Crippen LogP contribution < -0.4 is 15.4 Å². The second-order valence-electron chi connectivity index (χ2n) is 7.83. The molecule has 2 aromatic rings. The van der Waals surface area contributed by atoms with E-state index in [2.05, 4.69) is 40.2 Å². The normalized spacial score (nSPS) is 14.6. The van der Waals surface area contributed by atoms with E-state index in [9.17, 15) is 0 Å². The average Bonchev–Trinajstić information content (AvgIpc) is 2.68. The lowest BCUT2D eigenvalue weighted by atomic mass is 10.0. The minimum Gasteiger partial charge on any atom is -0.491 e. The predicted octanol–water partition coefficient (Wildman–Crippen LogP) is 3.31. The van der Waals surface area contributed by atoms with Gasteiger partial charge in [0.25, 0.3) is 0 Å². The first kappa shape index (κ1) is 20.6. The molecule has 0 saturated carbocycles. The highest BCUT2D eigenvalue weighted by Gasteiger charge is 2.23. The summed E-state index contributed by atoms with van der Waals surface area (Å²) in [6.07, 6.45) is 1.55. The number of hydrogen-bond donors (Lipinski definition) is 2. The van der Waals surface area contributed by atoms with Crippen molar-refractivity contribution in [2.24, 2.45) is 0 Å². The fraction of sp³-hybridized carbons (Fsp3) is 0.409. The summed E-state index contributed by atoms with van der Waals surface area (Å²) in [6.45, 7) is 14.9. The van der Waals surface area contributed by atoms with E-state index in [1.165, 1.54) is 6.33 Å². The van der Waals surface area contributed by atoms with E-state index in [-0.39, 0.29) is 11.8 Å². The molecule has 1 aliphatic rings. The highest BCUT2D eigenvalue weighted by Crippen LogP contribution is 2.25.